The molecule has 3 N–H and O–H groups in total. The highest BCUT2D eigenvalue weighted by molar-refractivity contribution is 4.72. The molecule has 14 heavy (non-hydrogen) atoms. The second-order valence-electron chi connectivity index (χ2n) is 3.94. The molecule has 2 unspecified atom stereocenters. The van der Waals surface area contributed by atoms with Crippen LogP contribution >= 0.6 is 0 Å². The van der Waals surface area contributed by atoms with Gasteiger partial charge >= 0.3 is 0 Å². The lowest BCUT2D eigenvalue weighted by Crippen LogP contribution is -2.34. The number of hydrogen-bond donors (Lipinski definition) is 2. The lowest BCUT2D eigenvalue weighted by Gasteiger charge is -2.21. The maximum absolute atomic E-state index is 9.59. The average Bonchev–Trinajstić information content (AvgIpc) is 2.13. The summed E-state index contributed by atoms with van der Waals surface area (Å²) in [7, 11) is 1.65. The van der Waals surface area contributed by atoms with Crippen LogP contribution in [0.1, 0.15) is 26.7 Å². The van der Waals surface area contributed by atoms with E-state index in [9.17, 15) is 5.11 Å². The molecule has 0 heterocycles. The summed E-state index contributed by atoms with van der Waals surface area (Å²) in [6, 6.07) is 0. The van der Waals surface area contributed by atoms with Gasteiger partial charge < -0.3 is 20.3 Å². The summed E-state index contributed by atoms with van der Waals surface area (Å²) in [6.07, 6.45) is 1.60. The zero-order valence-electron chi connectivity index (χ0n) is 9.45. The van der Waals surface area contributed by atoms with Crippen molar-refractivity contribution in [1.82, 2.24) is 0 Å². The van der Waals surface area contributed by atoms with Crippen molar-refractivity contribution in [2.75, 3.05) is 26.9 Å². The van der Waals surface area contributed by atoms with Crippen LogP contribution in [-0.2, 0) is 9.47 Å². The van der Waals surface area contributed by atoms with Gasteiger partial charge in [0.05, 0.1) is 18.3 Å². The first-order chi connectivity index (χ1) is 6.52. The van der Waals surface area contributed by atoms with E-state index in [1.165, 1.54) is 0 Å². The van der Waals surface area contributed by atoms with Gasteiger partial charge in [-0.15, -0.1) is 0 Å². The van der Waals surface area contributed by atoms with E-state index in [2.05, 4.69) is 0 Å². The largest absolute Gasteiger partial charge is 0.389 e. The van der Waals surface area contributed by atoms with Crippen LogP contribution in [0.5, 0.6) is 0 Å². The highest BCUT2D eigenvalue weighted by Crippen LogP contribution is 2.10. The monoisotopic (exact) mass is 205 g/mol. The Morgan fingerprint density at radius 3 is 2.64 bits per heavy atom. The van der Waals surface area contributed by atoms with Crippen LogP contribution in [-0.4, -0.2) is 43.7 Å². The first kappa shape index (κ1) is 13.8. The first-order valence-corrected chi connectivity index (χ1v) is 5.05. The molecule has 0 aromatic carbocycles. The minimum Gasteiger partial charge on any atom is -0.389 e. The second-order valence-corrected chi connectivity index (χ2v) is 3.94. The molecule has 0 aliphatic heterocycles. The number of methoxy groups -OCH3 is 1. The molecule has 0 bridgehead atoms. The SMILES string of the molecule is COCC(C)OCCCC(C)(O)CN. The van der Waals surface area contributed by atoms with Gasteiger partial charge in [-0.25, -0.2) is 0 Å². The molecule has 0 saturated heterocycles. The van der Waals surface area contributed by atoms with Crippen molar-refractivity contribution in [1.29, 1.82) is 0 Å². The summed E-state index contributed by atoms with van der Waals surface area (Å²) < 4.78 is 10.4. The van der Waals surface area contributed by atoms with Crippen LogP contribution in [0.4, 0.5) is 0 Å². The Morgan fingerprint density at radius 1 is 1.50 bits per heavy atom. The van der Waals surface area contributed by atoms with Crippen molar-refractivity contribution in [2.24, 2.45) is 5.73 Å². The normalized spacial score (nSPS) is 17.8. The number of rotatable bonds is 8. The van der Waals surface area contributed by atoms with E-state index in [1.54, 1.807) is 14.0 Å². The van der Waals surface area contributed by atoms with Gasteiger partial charge in [-0.2, -0.15) is 0 Å². The maximum atomic E-state index is 9.59. The fourth-order valence-corrected chi connectivity index (χ4v) is 1.12. The van der Waals surface area contributed by atoms with Gasteiger partial charge in [-0.1, -0.05) is 0 Å². The zero-order chi connectivity index (χ0) is 11.0. The quantitative estimate of drug-likeness (QED) is 0.567. The summed E-state index contributed by atoms with van der Waals surface area (Å²) in [4.78, 5) is 0. The molecular weight excluding hydrogens is 182 g/mol. The highest BCUT2D eigenvalue weighted by Gasteiger charge is 2.16. The Kier molecular flexibility index (Phi) is 7.09. The molecule has 0 amide bonds. The van der Waals surface area contributed by atoms with Gasteiger partial charge in [0.2, 0.25) is 0 Å². The van der Waals surface area contributed by atoms with E-state index < -0.39 is 5.60 Å². The minimum atomic E-state index is -0.756. The Labute approximate surface area is 86.4 Å². The van der Waals surface area contributed by atoms with Crippen LogP contribution in [0.2, 0.25) is 0 Å². The Balaban J connectivity index is 3.37. The molecule has 4 heteroatoms. The van der Waals surface area contributed by atoms with Gasteiger partial charge in [0.1, 0.15) is 0 Å². The zero-order valence-corrected chi connectivity index (χ0v) is 9.45. The Morgan fingerprint density at radius 2 is 2.14 bits per heavy atom. The highest BCUT2D eigenvalue weighted by atomic mass is 16.5. The van der Waals surface area contributed by atoms with Crippen molar-refractivity contribution in [3.63, 3.8) is 0 Å². The van der Waals surface area contributed by atoms with E-state index in [0.29, 0.717) is 26.2 Å². The molecule has 0 aliphatic rings. The van der Waals surface area contributed by atoms with Gasteiger partial charge in [0, 0.05) is 20.3 Å². The third-order valence-electron chi connectivity index (χ3n) is 2.10. The molecular formula is C10H23NO3. The fraction of sp³-hybridized carbons (Fsp3) is 1.00. The van der Waals surface area contributed by atoms with Crippen LogP contribution in [0, 0.1) is 0 Å². The fourth-order valence-electron chi connectivity index (χ4n) is 1.12. The van der Waals surface area contributed by atoms with Crippen molar-refractivity contribution >= 4 is 0 Å². The van der Waals surface area contributed by atoms with E-state index in [-0.39, 0.29) is 6.10 Å². The third-order valence-corrected chi connectivity index (χ3v) is 2.10. The predicted molar refractivity (Wildman–Crippen MR) is 56.2 cm³/mol. The summed E-state index contributed by atoms with van der Waals surface area (Å²) >= 11 is 0. The molecule has 0 rings (SSSR count). The number of hydrogen-bond acceptors (Lipinski definition) is 4. The lowest BCUT2D eigenvalue weighted by atomic mass is 10.0. The molecule has 0 fully saturated rings. The predicted octanol–water partition coefficient (Wildman–Crippen LogP) is 0.528. The summed E-state index contributed by atoms with van der Waals surface area (Å²) in [5.41, 5.74) is 4.63. The van der Waals surface area contributed by atoms with Gasteiger partial charge in [0.15, 0.2) is 0 Å². The number of ether oxygens (including phenoxy) is 2. The summed E-state index contributed by atoms with van der Waals surface area (Å²) in [5, 5.41) is 9.59. The molecule has 86 valence electrons. The molecule has 0 aliphatic carbocycles. The van der Waals surface area contributed by atoms with Gasteiger partial charge in [0.25, 0.3) is 0 Å². The maximum Gasteiger partial charge on any atom is 0.0780 e. The van der Waals surface area contributed by atoms with Crippen LogP contribution in [0.3, 0.4) is 0 Å². The molecule has 0 saturated carbocycles. The Hall–Kier alpha value is -0.160. The van der Waals surface area contributed by atoms with Gasteiger partial charge in [-0.05, 0) is 26.7 Å². The number of nitrogens with two attached hydrogens (primary N) is 1. The standard InChI is InChI=1S/C10H23NO3/c1-9(7-13-3)14-6-4-5-10(2,12)8-11/h9,12H,4-8,11H2,1-3H3. The van der Waals surface area contributed by atoms with Crippen molar-refractivity contribution in [3.05, 3.63) is 0 Å². The molecule has 0 spiro atoms. The minimum absolute atomic E-state index is 0.114. The van der Waals surface area contributed by atoms with Crippen LogP contribution < -0.4 is 5.73 Å². The second kappa shape index (κ2) is 7.17. The number of aliphatic hydroxyl groups is 1. The lowest BCUT2D eigenvalue weighted by molar-refractivity contribution is -0.00421. The van der Waals surface area contributed by atoms with E-state index in [1.807, 2.05) is 6.92 Å². The summed E-state index contributed by atoms with van der Waals surface area (Å²) in [5.74, 6) is 0. The van der Waals surface area contributed by atoms with E-state index in [4.69, 9.17) is 15.2 Å². The smallest absolute Gasteiger partial charge is 0.0780 e. The summed E-state index contributed by atoms with van der Waals surface area (Å²) in [6.45, 7) is 5.24. The van der Waals surface area contributed by atoms with E-state index >= 15 is 0 Å². The molecule has 0 radical (unpaired) electrons. The molecule has 4 nitrogen and oxygen atoms in total. The molecule has 2 atom stereocenters. The van der Waals surface area contributed by atoms with Crippen LogP contribution in [0.25, 0.3) is 0 Å². The van der Waals surface area contributed by atoms with Crippen molar-refractivity contribution < 1.29 is 14.6 Å². The Bertz CT molecular complexity index is 139. The van der Waals surface area contributed by atoms with Gasteiger partial charge in [-0.3, -0.25) is 0 Å². The topological polar surface area (TPSA) is 64.7 Å². The van der Waals surface area contributed by atoms with Crippen molar-refractivity contribution in [2.45, 2.75) is 38.4 Å². The molecule has 0 aromatic heterocycles. The third kappa shape index (κ3) is 7.26. The van der Waals surface area contributed by atoms with Crippen LogP contribution in [0.15, 0.2) is 0 Å². The average molecular weight is 205 g/mol. The first-order valence-electron chi connectivity index (χ1n) is 5.05. The van der Waals surface area contributed by atoms with Crippen molar-refractivity contribution in [3.8, 4) is 0 Å². The molecule has 0 aromatic rings. The van der Waals surface area contributed by atoms with E-state index in [0.717, 1.165) is 6.42 Å².